The van der Waals surface area contributed by atoms with Crippen molar-refractivity contribution in [1.29, 1.82) is 0 Å². The van der Waals surface area contributed by atoms with Crippen molar-refractivity contribution in [2.45, 2.75) is 102 Å². The summed E-state index contributed by atoms with van der Waals surface area (Å²) in [4.78, 5) is 14.1. The summed E-state index contributed by atoms with van der Waals surface area (Å²) >= 11 is 0. The van der Waals surface area contributed by atoms with Gasteiger partial charge in [-0.3, -0.25) is 25.6 Å². The Labute approximate surface area is 188 Å². The van der Waals surface area contributed by atoms with E-state index in [-0.39, 0.29) is 30.2 Å². The molecule has 10 heteroatoms. The van der Waals surface area contributed by atoms with E-state index >= 15 is 4.39 Å². The predicted octanol–water partition coefficient (Wildman–Crippen LogP) is 2.84. The lowest BCUT2D eigenvalue weighted by molar-refractivity contribution is -0.185. The summed E-state index contributed by atoms with van der Waals surface area (Å²) in [6.45, 7) is 7.08. The molecule has 3 fully saturated rings. The number of halogens is 4. The number of primary amides is 1. The van der Waals surface area contributed by atoms with E-state index in [4.69, 9.17) is 5.73 Å². The average Bonchev–Trinajstić information content (AvgIpc) is 3.17. The maximum atomic E-state index is 15.6. The monoisotopic (exact) mass is 465 g/mol. The maximum absolute atomic E-state index is 15.6. The number of nitrogens with zero attached hydrogens (tertiary/aromatic N) is 1. The van der Waals surface area contributed by atoms with Crippen LogP contribution in [0.4, 0.5) is 17.6 Å². The molecule has 1 aliphatic carbocycles. The number of carbonyl (C=O) groups excluding carboxylic acids is 1. The van der Waals surface area contributed by atoms with E-state index in [0.29, 0.717) is 25.9 Å². The number of alkyl halides is 4. The molecule has 5 atom stereocenters. The van der Waals surface area contributed by atoms with E-state index in [1.54, 1.807) is 0 Å². The molecule has 0 bridgehead atoms. The van der Waals surface area contributed by atoms with Crippen molar-refractivity contribution in [2.75, 3.05) is 13.2 Å². The topological polar surface area (TPSA) is 82.4 Å². The van der Waals surface area contributed by atoms with Crippen molar-refractivity contribution < 1.29 is 22.4 Å². The Hall–Kier alpha value is -0.970. The van der Waals surface area contributed by atoms with Gasteiger partial charge < -0.3 is 5.73 Å². The Balaban J connectivity index is 1.63. The first-order chi connectivity index (χ1) is 14.9. The Kier molecular flexibility index (Phi) is 8.10. The van der Waals surface area contributed by atoms with Crippen LogP contribution in [-0.4, -0.2) is 60.8 Å². The van der Waals surface area contributed by atoms with Gasteiger partial charge in [-0.1, -0.05) is 20.8 Å². The minimum atomic E-state index is -4.12. The SMILES string of the molecule is CC(C)(C)C[C@@H](NC1NCNC(N2CCC[C@@H]2C2CCC(C(F)(F)F)CC2)C1F)C(N)=O. The summed E-state index contributed by atoms with van der Waals surface area (Å²) in [6.07, 6.45) is -3.08. The first-order valence-electron chi connectivity index (χ1n) is 11.9. The summed E-state index contributed by atoms with van der Waals surface area (Å²) in [5, 5.41) is 9.33. The molecule has 2 saturated heterocycles. The van der Waals surface area contributed by atoms with Crippen LogP contribution in [0.3, 0.4) is 0 Å². The molecule has 1 amide bonds. The van der Waals surface area contributed by atoms with Gasteiger partial charge in [0.15, 0.2) is 6.17 Å². The molecule has 0 aromatic rings. The number of amides is 1. The van der Waals surface area contributed by atoms with Crippen molar-refractivity contribution in [2.24, 2.45) is 23.0 Å². The summed E-state index contributed by atoms with van der Waals surface area (Å²) in [5.41, 5.74) is 5.41. The van der Waals surface area contributed by atoms with Crippen LogP contribution in [0.2, 0.25) is 0 Å². The summed E-state index contributed by atoms with van der Waals surface area (Å²) in [6, 6.07) is -0.572. The lowest BCUT2D eigenvalue weighted by atomic mass is 9.77. The zero-order valence-electron chi connectivity index (χ0n) is 19.4. The van der Waals surface area contributed by atoms with Crippen molar-refractivity contribution >= 4 is 5.91 Å². The van der Waals surface area contributed by atoms with Gasteiger partial charge >= 0.3 is 6.18 Å². The highest BCUT2D eigenvalue weighted by Gasteiger charge is 2.47. The van der Waals surface area contributed by atoms with Crippen LogP contribution in [0.5, 0.6) is 0 Å². The predicted molar refractivity (Wildman–Crippen MR) is 115 cm³/mol. The van der Waals surface area contributed by atoms with Crippen molar-refractivity contribution in [3.63, 3.8) is 0 Å². The fraction of sp³-hybridized carbons (Fsp3) is 0.955. The normalized spacial score (nSPS) is 36.2. The molecule has 1 saturated carbocycles. The second kappa shape index (κ2) is 10.1. The first kappa shape index (κ1) is 25.6. The molecule has 3 unspecified atom stereocenters. The zero-order valence-corrected chi connectivity index (χ0v) is 19.4. The molecule has 186 valence electrons. The zero-order chi connectivity index (χ0) is 23.7. The van der Waals surface area contributed by atoms with Gasteiger partial charge in [-0.15, -0.1) is 0 Å². The lowest BCUT2D eigenvalue weighted by Crippen LogP contribution is -2.71. The number of hydrogen-bond acceptors (Lipinski definition) is 5. The molecule has 3 rings (SSSR count). The van der Waals surface area contributed by atoms with Gasteiger partial charge in [-0.2, -0.15) is 13.2 Å². The highest BCUT2D eigenvalue weighted by molar-refractivity contribution is 5.79. The van der Waals surface area contributed by atoms with Crippen molar-refractivity contribution in [1.82, 2.24) is 20.9 Å². The molecule has 3 aliphatic rings. The molecular formula is C22H39F4N5O. The minimum absolute atomic E-state index is 0.0835. The summed E-state index contributed by atoms with van der Waals surface area (Å²) in [5.74, 6) is -1.56. The van der Waals surface area contributed by atoms with Gasteiger partial charge in [0, 0.05) is 19.3 Å². The molecule has 2 aliphatic heterocycles. The Morgan fingerprint density at radius 2 is 1.78 bits per heavy atom. The van der Waals surface area contributed by atoms with E-state index in [2.05, 4.69) is 20.9 Å². The van der Waals surface area contributed by atoms with E-state index in [1.165, 1.54) is 0 Å². The van der Waals surface area contributed by atoms with Crippen LogP contribution in [-0.2, 0) is 4.79 Å². The van der Waals surface area contributed by atoms with Crippen molar-refractivity contribution in [3.05, 3.63) is 0 Å². The molecule has 6 nitrogen and oxygen atoms in total. The summed E-state index contributed by atoms with van der Waals surface area (Å²) in [7, 11) is 0. The number of nitrogens with two attached hydrogens (primary N) is 1. The lowest BCUT2D eigenvalue weighted by Gasteiger charge is -2.45. The first-order valence-corrected chi connectivity index (χ1v) is 11.9. The molecule has 32 heavy (non-hydrogen) atoms. The van der Waals surface area contributed by atoms with E-state index in [0.717, 1.165) is 19.4 Å². The third kappa shape index (κ3) is 6.33. The van der Waals surface area contributed by atoms with Gasteiger partial charge in [0.25, 0.3) is 0 Å². The van der Waals surface area contributed by atoms with E-state index in [9.17, 15) is 18.0 Å². The van der Waals surface area contributed by atoms with Gasteiger partial charge in [0.1, 0.15) is 0 Å². The van der Waals surface area contributed by atoms with Gasteiger partial charge in [-0.05, 0) is 56.3 Å². The Morgan fingerprint density at radius 1 is 1.12 bits per heavy atom. The fourth-order valence-corrected chi connectivity index (χ4v) is 5.70. The maximum Gasteiger partial charge on any atom is 0.391 e. The Bertz CT molecular complexity index is 633. The molecule has 2 heterocycles. The molecule has 0 radical (unpaired) electrons. The van der Waals surface area contributed by atoms with Crippen LogP contribution in [0.15, 0.2) is 0 Å². The van der Waals surface area contributed by atoms with Crippen LogP contribution in [0.25, 0.3) is 0 Å². The van der Waals surface area contributed by atoms with Crippen LogP contribution >= 0.6 is 0 Å². The Morgan fingerprint density at radius 3 is 2.34 bits per heavy atom. The third-order valence-corrected chi connectivity index (χ3v) is 7.27. The number of rotatable bonds is 6. The number of carbonyl (C=O) groups is 1. The highest BCUT2D eigenvalue weighted by atomic mass is 19.4. The molecular weight excluding hydrogens is 426 g/mol. The van der Waals surface area contributed by atoms with E-state index in [1.807, 2.05) is 20.8 Å². The molecule has 5 N–H and O–H groups in total. The smallest absolute Gasteiger partial charge is 0.368 e. The van der Waals surface area contributed by atoms with Gasteiger partial charge in [0.2, 0.25) is 5.91 Å². The molecule has 0 spiro atoms. The minimum Gasteiger partial charge on any atom is -0.368 e. The van der Waals surface area contributed by atoms with Crippen molar-refractivity contribution in [3.8, 4) is 0 Å². The second-order valence-corrected chi connectivity index (χ2v) is 10.9. The second-order valence-electron chi connectivity index (χ2n) is 10.9. The van der Waals surface area contributed by atoms with Crippen LogP contribution in [0, 0.1) is 17.3 Å². The van der Waals surface area contributed by atoms with E-state index < -0.39 is 42.5 Å². The van der Waals surface area contributed by atoms with Crippen LogP contribution < -0.4 is 21.7 Å². The highest BCUT2D eigenvalue weighted by Crippen LogP contribution is 2.43. The molecule has 0 aromatic heterocycles. The quantitative estimate of drug-likeness (QED) is 0.454. The molecule has 0 aromatic carbocycles. The van der Waals surface area contributed by atoms with Gasteiger partial charge in [0.05, 0.1) is 24.3 Å². The average molecular weight is 466 g/mol. The third-order valence-electron chi connectivity index (χ3n) is 7.27. The standard InChI is InChI=1S/C22H39F4N5O/c1-21(2,3)11-15(18(27)32)30-19-17(23)20(29-12-28-19)31-10-4-5-16(31)13-6-8-14(9-7-13)22(24,25)26/h13-17,19-20,28-30H,4-12H2,1-3H3,(H2,27,32)/t13?,14?,15-,16-,17?,19?,20?/m1/s1. The summed E-state index contributed by atoms with van der Waals surface area (Å²) < 4.78 is 54.8. The van der Waals surface area contributed by atoms with Gasteiger partial charge in [-0.25, -0.2) is 4.39 Å². The number of hydrogen-bond donors (Lipinski definition) is 4. The van der Waals surface area contributed by atoms with Crippen LogP contribution in [0.1, 0.15) is 65.7 Å². The number of nitrogens with one attached hydrogen (secondary N) is 3. The number of likely N-dealkylation sites (tertiary alicyclic amines) is 1. The fourth-order valence-electron chi connectivity index (χ4n) is 5.70. The largest absolute Gasteiger partial charge is 0.391 e.